The van der Waals surface area contributed by atoms with Crippen molar-refractivity contribution in [1.82, 2.24) is 0 Å². The summed E-state index contributed by atoms with van der Waals surface area (Å²) < 4.78 is 0. The third kappa shape index (κ3) is 8.35. The van der Waals surface area contributed by atoms with Gasteiger partial charge in [0.2, 0.25) is 0 Å². The highest BCUT2D eigenvalue weighted by Crippen LogP contribution is 2.11. The highest BCUT2D eigenvalue weighted by atomic mass is 35.5. The molecule has 0 fully saturated rings. The number of rotatable bonds is 7. The van der Waals surface area contributed by atoms with Crippen molar-refractivity contribution in [3.8, 4) is 0 Å². The number of halogens is 1. The number of aliphatic hydroxyl groups is 1. The molecular weight excluding hydrogens is 172 g/mol. The molecule has 0 aliphatic heterocycles. The Morgan fingerprint density at radius 1 is 1.08 bits per heavy atom. The molecule has 2 heteroatoms. The van der Waals surface area contributed by atoms with Gasteiger partial charge in [-0.05, 0) is 25.2 Å². The summed E-state index contributed by atoms with van der Waals surface area (Å²) in [6.07, 6.45) is 4.97. The fourth-order valence-corrected chi connectivity index (χ4v) is 1.37. The van der Waals surface area contributed by atoms with Crippen molar-refractivity contribution in [1.29, 1.82) is 0 Å². The molecular formula is C10H21ClO. The minimum atomic E-state index is -0.123. The van der Waals surface area contributed by atoms with Crippen LogP contribution in [0.5, 0.6) is 0 Å². The molecule has 0 spiro atoms. The lowest BCUT2D eigenvalue weighted by Crippen LogP contribution is -2.06. The molecule has 0 rings (SSSR count). The van der Waals surface area contributed by atoms with Gasteiger partial charge in [0.05, 0.1) is 6.10 Å². The van der Waals surface area contributed by atoms with Crippen LogP contribution in [0.3, 0.4) is 0 Å². The number of aliphatic hydroxyl groups excluding tert-OH is 1. The zero-order valence-corrected chi connectivity index (χ0v) is 8.98. The maximum Gasteiger partial charge on any atom is 0.0540 e. The van der Waals surface area contributed by atoms with E-state index in [1.54, 1.807) is 0 Å². The van der Waals surface area contributed by atoms with Crippen LogP contribution >= 0.6 is 11.6 Å². The Labute approximate surface area is 81.1 Å². The van der Waals surface area contributed by atoms with Gasteiger partial charge in [0, 0.05) is 5.88 Å². The monoisotopic (exact) mass is 192 g/mol. The minimum Gasteiger partial charge on any atom is -0.393 e. The molecule has 1 N–H and O–H groups in total. The Bertz CT molecular complexity index is 93.8. The van der Waals surface area contributed by atoms with Crippen molar-refractivity contribution in [3.05, 3.63) is 0 Å². The van der Waals surface area contributed by atoms with Crippen LogP contribution in [0.15, 0.2) is 0 Å². The molecule has 1 atom stereocenters. The molecule has 0 aliphatic rings. The summed E-state index contributed by atoms with van der Waals surface area (Å²) in [6.45, 7) is 4.43. The second kappa shape index (κ2) is 7.88. The molecule has 74 valence electrons. The molecule has 0 radical (unpaired) electrons. The van der Waals surface area contributed by atoms with Crippen LogP contribution in [-0.2, 0) is 0 Å². The van der Waals surface area contributed by atoms with Gasteiger partial charge < -0.3 is 5.11 Å². The number of alkyl halides is 1. The van der Waals surface area contributed by atoms with Crippen molar-refractivity contribution < 1.29 is 5.11 Å². The molecule has 0 heterocycles. The van der Waals surface area contributed by atoms with Gasteiger partial charge in [0.1, 0.15) is 0 Å². The van der Waals surface area contributed by atoms with E-state index in [0.29, 0.717) is 5.88 Å². The van der Waals surface area contributed by atoms with Crippen LogP contribution in [-0.4, -0.2) is 17.1 Å². The normalized spacial score (nSPS) is 13.8. The summed E-state index contributed by atoms with van der Waals surface area (Å²) in [4.78, 5) is 0. The molecule has 0 bridgehead atoms. The molecule has 0 saturated carbocycles. The first-order valence-electron chi connectivity index (χ1n) is 4.90. The van der Waals surface area contributed by atoms with Gasteiger partial charge in [-0.2, -0.15) is 0 Å². The van der Waals surface area contributed by atoms with Crippen LogP contribution in [0, 0.1) is 5.92 Å². The van der Waals surface area contributed by atoms with Crippen LogP contribution in [0.25, 0.3) is 0 Å². The molecule has 0 aromatic rings. The van der Waals surface area contributed by atoms with Gasteiger partial charge in [0.15, 0.2) is 0 Å². The molecule has 0 amide bonds. The lowest BCUT2D eigenvalue weighted by atomic mass is 10.0. The summed E-state index contributed by atoms with van der Waals surface area (Å²) in [5.41, 5.74) is 0. The zero-order chi connectivity index (χ0) is 9.40. The number of hydrogen-bond acceptors (Lipinski definition) is 1. The van der Waals surface area contributed by atoms with E-state index in [4.69, 9.17) is 11.6 Å². The maximum atomic E-state index is 9.43. The molecule has 1 nitrogen and oxygen atoms in total. The zero-order valence-electron chi connectivity index (χ0n) is 8.22. The molecule has 0 aromatic heterocycles. The average molecular weight is 193 g/mol. The van der Waals surface area contributed by atoms with Crippen LogP contribution < -0.4 is 0 Å². The van der Waals surface area contributed by atoms with Crippen molar-refractivity contribution in [2.75, 3.05) is 5.88 Å². The van der Waals surface area contributed by atoms with Crippen molar-refractivity contribution in [2.24, 2.45) is 5.92 Å². The minimum absolute atomic E-state index is 0.123. The van der Waals surface area contributed by atoms with Crippen LogP contribution in [0.2, 0.25) is 0 Å². The fraction of sp³-hybridized carbons (Fsp3) is 1.00. The van der Waals surface area contributed by atoms with Gasteiger partial charge >= 0.3 is 0 Å². The third-order valence-electron chi connectivity index (χ3n) is 1.99. The SMILES string of the molecule is CC(C)CCCC(O)CCCCl. The van der Waals surface area contributed by atoms with E-state index in [2.05, 4.69) is 13.8 Å². The van der Waals surface area contributed by atoms with E-state index in [-0.39, 0.29) is 6.10 Å². The summed E-state index contributed by atoms with van der Waals surface area (Å²) in [6, 6.07) is 0. The highest BCUT2D eigenvalue weighted by Gasteiger charge is 2.03. The van der Waals surface area contributed by atoms with Gasteiger partial charge in [-0.15, -0.1) is 11.6 Å². The molecule has 1 unspecified atom stereocenters. The highest BCUT2D eigenvalue weighted by molar-refractivity contribution is 6.17. The van der Waals surface area contributed by atoms with Crippen molar-refractivity contribution in [2.45, 2.75) is 52.1 Å². The van der Waals surface area contributed by atoms with Crippen LogP contribution in [0.4, 0.5) is 0 Å². The summed E-state index contributed by atoms with van der Waals surface area (Å²) in [5, 5.41) is 9.43. The largest absolute Gasteiger partial charge is 0.393 e. The smallest absolute Gasteiger partial charge is 0.0540 e. The Hall–Kier alpha value is 0.250. The predicted octanol–water partition coefficient (Wildman–Crippen LogP) is 3.19. The molecule has 12 heavy (non-hydrogen) atoms. The first-order valence-corrected chi connectivity index (χ1v) is 5.44. The summed E-state index contributed by atoms with van der Waals surface area (Å²) in [5.74, 6) is 1.42. The average Bonchev–Trinajstić information content (AvgIpc) is 2.00. The Balaban J connectivity index is 3.13. The van der Waals surface area contributed by atoms with E-state index < -0.39 is 0 Å². The first kappa shape index (κ1) is 12.2. The second-order valence-corrected chi connectivity index (χ2v) is 4.19. The predicted molar refractivity (Wildman–Crippen MR) is 54.6 cm³/mol. The Kier molecular flexibility index (Phi) is 8.04. The standard InChI is InChI=1S/C10H21ClO/c1-9(2)5-3-6-10(12)7-4-8-11/h9-10,12H,3-8H2,1-2H3. The van der Waals surface area contributed by atoms with Gasteiger partial charge in [0.25, 0.3) is 0 Å². The Morgan fingerprint density at radius 2 is 1.67 bits per heavy atom. The second-order valence-electron chi connectivity index (χ2n) is 3.81. The Morgan fingerprint density at radius 3 is 2.17 bits per heavy atom. The fourth-order valence-electron chi connectivity index (χ4n) is 1.22. The molecule has 0 aliphatic carbocycles. The van der Waals surface area contributed by atoms with Crippen molar-refractivity contribution >= 4 is 11.6 Å². The lowest BCUT2D eigenvalue weighted by molar-refractivity contribution is 0.149. The van der Waals surface area contributed by atoms with E-state index in [0.717, 1.165) is 31.6 Å². The molecule has 0 aromatic carbocycles. The summed E-state index contributed by atoms with van der Waals surface area (Å²) >= 11 is 5.52. The van der Waals surface area contributed by atoms with E-state index in [1.165, 1.54) is 6.42 Å². The van der Waals surface area contributed by atoms with Crippen molar-refractivity contribution in [3.63, 3.8) is 0 Å². The van der Waals surface area contributed by atoms with E-state index in [9.17, 15) is 5.11 Å². The quantitative estimate of drug-likeness (QED) is 0.615. The lowest BCUT2D eigenvalue weighted by Gasteiger charge is -2.10. The summed E-state index contributed by atoms with van der Waals surface area (Å²) in [7, 11) is 0. The van der Waals surface area contributed by atoms with Gasteiger partial charge in [-0.25, -0.2) is 0 Å². The first-order chi connectivity index (χ1) is 5.66. The van der Waals surface area contributed by atoms with Gasteiger partial charge in [-0.1, -0.05) is 26.7 Å². The molecule has 0 saturated heterocycles. The van der Waals surface area contributed by atoms with E-state index >= 15 is 0 Å². The maximum absolute atomic E-state index is 9.43. The van der Waals surface area contributed by atoms with E-state index in [1.807, 2.05) is 0 Å². The number of hydrogen-bond donors (Lipinski definition) is 1. The van der Waals surface area contributed by atoms with Crippen LogP contribution in [0.1, 0.15) is 46.0 Å². The van der Waals surface area contributed by atoms with Gasteiger partial charge in [-0.3, -0.25) is 0 Å². The third-order valence-corrected chi connectivity index (χ3v) is 2.26. The topological polar surface area (TPSA) is 20.2 Å².